The van der Waals surface area contributed by atoms with Gasteiger partial charge in [0.2, 0.25) is 0 Å². The van der Waals surface area contributed by atoms with Crippen molar-refractivity contribution in [3.05, 3.63) is 40.0 Å². The van der Waals surface area contributed by atoms with Crippen molar-refractivity contribution in [3.63, 3.8) is 0 Å². The van der Waals surface area contributed by atoms with E-state index in [1.807, 2.05) is 0 Å². The van der Waals surface area contributed by atoms with Gasteiger partial charge < -0.3 is 5.73 Å². The molecule has 0 unspecified atom stereocenters. The summed E-state index contributed by atoms with van der Waals surface area (Å²) in [5.41, 5.74) is 13.8. The third kappa shape index (κ3) is 3.70. The molecule has 0 bridgehead atoms. The third-order valence-electron chi connectivity index (χ3n) is 1.62. The van der Waals surface area contributed by atoms with Crippen molar-refractivity contribution in [1.82, 2.24) is 4.98 Å². The summed E-state index contributed by atoms with van der Waals surface area (Å²) in [6.07, 6.45) is 0.451. The normalized spacial score (nSPS) is 8.50. The Kier molecular flexibility index (Phi) is 4.38. The van der Waals surface area contributed by atoms with E-state index in [9.17, 15) is 4.79 Å². The lowest BCUT2D eigenvalue weighted by Crippen LogP contribution is -2.13. The molecule has 2 N–H and O–H groups in total. The molecule has 0 aliphatic rings. The monoisotopic (exact) mass is 215 g/mol. The van der Waals surface area contributed by atoms with Gasteiger partial charge in [0, 0.05) is 17.9 Å². The highest BCUT2D eigenvalue weighted by Crippen LogP contribution is 1.97. The third-order valence-corrected chi connectivity index (χ3v) is 1.62. The van der Waals surface area contributed by atoms with Crippen LogP contribution in [0.1, 0.15) is 22.6 Å². The van der Waals surface area contributed by atoms with Crippen molar-refractivity contribution in [3.8, 4) is 11.8 Å². The smallest absolute Gasteiger partial charge is 0.267 e. The number of primary amides is 1. The minimum absolute atomic E-state index is 0.182. The number of rotatable bonds is 3. The van der Waals surface area contributed by atoms with E-state index in [-0.39, 0.29) is 5.69 Å². The number of nitrogens with two attached hydrogens (primary N) is 1. The first-order chi connectivity index (χ1) is 7.74. The van der Waals surface area contributed by atoms with Gasteiger partial charge >= 0.3 is 0 Å². The van der Waals surface area contributed by atoms with E-state index in [2.05, 4.69) is 26.9 Å². The molecule has 0 saturated heterocycles. The van der Waals surface area contributed by atoms with Crippen LogP contribution in [0.25, 0.3) is 10.4 Å². The largest absolute Gasteiger partial charge is 0.364 e. The number of nitrogens with zero attached hydrogens (tertiary/aromatic N) is 4. The van der Waals surface area contributed by atoms with Crippen molar-refractivity contribution in [2.24, 2.45) is 10.8 Å². The number of amides is 1. The topological polar surface area (TPSA) is 105 Å². The second-order valence-corrected chi connectivity index (χ2v) is 2.78. The first kappa shape index (κ1) is 11.6. The summed E-state index contributed by atoms with van der Waals surface area (Å²) in [4.78, 5) is 17.4. The zero-order chi connectivity index (χ0) is 11.8. The van der Waals surface area contributed by atoms with E-state index in [0.29, 0.717) is 18.7 Å². The van der Waals surface area contributed by atoms with Crippen molar-refractivity contribution in [2.75, 3.05) is 6.54 Å². The van der Waals surface area contributed by atoms with Gasteiger partial charge in [-0.2, -0.15) is 0 Å². The second-order valence-electron chi connectivity index (χ2n) is 2.78. The molecule has 0 spiro atoms. The zero-order valence-electron chi connectivity index (χ0n) is 8.42. The Labute approximate surface area is 92.1 Å². The van der Waals surface area contributed by atoms with Crippen LogP contribution >= 0.6 is 0 Å². The van der Waals surface area contributed by atoms with Crippen molar-refractivity contribution >= 4 is 5.91 Å². The highest BCUT2D eigenvalue weighted by atomic mass is 16.1. The second kappa shape index (κ2) is 6.06. The van der Waals surface area contributed by atoms with Gasteiger partial charge in [0.05, 0.1) is 0 Å². The SMILES string of the molecule is [N-]=[N+]=NCCC#Cc1cccc(C(N)=O)n1. The first-order valence-electron chi connectivity index (χ1n) is 4.50. The molecular formula is C10H9N5O. The Balaban J connectivity index is 2.69. The van der Waals surface area contributed by atoms with Crippen LogP contribution in [0, 0.1) is 11.8 Å². The molecule has 0 saturated carbocycles. The molecule has 0 aliphatic carbocycles. The van der Waals surface area contributed by atoms with Gasteiger partial charge in [-0.1, -0.05) is 17.1 Å². The fraction of sp³-hybridized carbons (Fsp3) is 0.200. The Bertz CT molecular complexity index is 493. The standard InChI is InChI=1S/C10H9N5O/c11-10(16)9-6-3-5-8(14-9)4-1-2-7-13-15-12/h3,5-6H,2,7H2,(H2,11,16). The maximum atomic E-state index is 10.8. The lowest BCUT2D eigenvalue weighted by molar-refractivity contribution is 0.0995. The number of pyridine rings is 1. The molecule has 0 aromatic carbocycles. The molecule has 80 valence electrons. The fourth-order valence-corrected chi connectivity index (χ4v) is 0.945. The van der Waals surface area contributed by atoms with Gasteiger partial charge in [0.25, 0.3) is 5.91 Å². The Morgan fingerprint density at radius 2 is 2.44 bits per heavy atom. The minimum atomic E-state index is -0.585. The van der Waals surface area contributed by atoms with E-state index in [1.54, 1.807) is 12.1 Å². The molecule has 0 aliphatic heterocycles. The molecule has 16 heavy (non-hydrogen) atoms. The Morgan fingerprint density at radius 1 is 1.62 bits per heavy atom. The van der Waals surface area contributed by atoms with E-state index >= 15 is 0 Å². The van der Waals surface area contributed by atoms with E-state index in [4.69, 9.17) is 11.3 Å². The Hall–Kier alpha value is -2.51. The maximum absolute atomic E-state index is 10.8. The predicted molar refractivity (Wildman–Crippen MR) is 58.3 cm³/mol. The summed E-state index contributed by atoms with van der Waals surface area (Å²) < 4.78 is 0. The van der Waals surface area contributed by atoms with Gasteiger partial charge in [-0.3, -0.25) is 4.79 Å². The summed E-state index contributed by atoms with van der Waals surface area (Å²) in [6.45, 7) is 0.318. The molecule has 1 rings (SSSR count). The summed E-state index contributed by atoms with van der Waals surface area (Å²) >= 11 is 0. The molecule has 6 heteroatoms. The van der Waals surface area contributed by atoms with Crippen LogP contribution in [0.2, 0.25) is 0 Å². The fourth-order valence-electron chi connectivity index (χ4n) is 0.945. The highest BCUT2D eigenvalue weighted by molar-refractivity contribution is 5.90. The van der Waals surface area contributed by atoms with Crippen LogP contribution in [-0.4, -0.2) is 17.4 Å². The summed E-state index contributed by atoms with van der Waals surface area (Å²) in [5.74, 6) is 4.93. The average Bonchev–Trinajstić information content (AvgIpc) is 2.29. The predicted octanol–water partition coefficient (Wildman–Crippen LogP) is 1.23. The van der Waals surface area contributed by atoms with Gasteiger partial charge in [-0.05, 0) is 23.6 Å². The van der Waals surface area contributed by atoms with Gasteiger partial charge in [0.15, 0.2) is 0 Å². The number of carbonyl (C=O) groups is 1. The molecule has 1 amide bonds. The number of hydrogen-bond donors (Lipinski definition) is 1. The van der Waals surface area contributed by atoms with Crippen molar-refractivity contribution < 1.29 is 4.79 Å². The van der Waals surface area contributed by atoms with Gasteiger partial charge in [-0.15, -0.1) is 0 Å². The lowest BCUT2D eigenvalue weighted by Gasteiger charge is -1.94. The van der Waals surface area contributed by atoms with Crippen molar-refractivity contribution in [2.45, 2.75) is 6.42 Å². The first-order valence-corrected chi connectivity index (χ1v) is 4.50. The summed E-state index contributed by atoms with van der Waals surface area (Å²) in [5, 5.41) is 3.33. The van der Waals surface area contributed by atoms with Crippen molar-refractivity contribution in [1.29, 1.82) is 0 Å². The molecule has 0 radical (unpaired) electrons. The van der Waals surface area contributed by atoms with E-state index < -0.39 is 5.91 Å². The number of carbonyl (C=O) groups excluding carboxylic acids is 1. The number of hydrogen-bond acceptors (Lipinski definition) is 3. The van der Waals surface area contributed by atoms with Crippen LogP contribution in [0.3, 0.4) is 0 Å². The zero-order valence-corrected chi connectivity index (χ0v) is 8.42. The van der Waals surface area contributed by atoms with Crippen LogP contribution in [-0.2, 0) is 0 Å². The van der Waals surface area contributed by atoms with Crippen LogP contribution in [0.15, 0.2) is 23.3 Å². The van der Waals surface area contributed by atoms with Crippen LogP contribution in [0.5, 0.6) is 0 Å². The number of aromatic nitrogens is 1. The molecular weight excluding hydrogens is 206 g/mol. The molecule has 1 aromatic heterocycles. The maximum Gasteiger partial charge on any atom is 0.267 e. The van der Waals surface area contributed by atoms with Gasteiger partial charge in [0.1, 0.15) is 11.4 Å². The molecule has 0 fully saturated rings. The summed E-state index contributed by atoms with van der Waals surface area (Å²) in [7, 11) is 0. The Morgan fingerprint density at radius 3 is 3.12 bits per heavy atom. The molecule has 1 heterocycles. The minimum Gasteiger partial charge on any atom is -0.364 e. The molecule has 6 nitrogen and oxygen atoms in total. The van der Waals surface area contributed by atoms with E-state index in [1.165, 1.54) is 6.07 Å². The van der Waals surface area contributed by atoms with Gasteiger partial charge in [-0.25, -0.2) is 4.98 Å². The average molecular weight is 215 g/mol. The number of azide groups is 1. The summed E-state index contributed by atoms with van der Waals surface area (Å²) in [6, 6.07) is 4.85. The van der Waals surface area contributed by atoms with Crippen LogP contribution < -0.4 is 5.73 Å². The van der Waals surface area contributed by atoms with E-state index in [0.717, 1.165) is 0 Å². The molecule has 0 atom stereocenters. The molecule has 1 aromatic rings. The quantitative estimate of drug-likeness (QED) is 0.269. The lowest BCUT2D eigenvalue weighted by atomic mass is 10.3. The highest BCUT2D eigenvalue weighted by Gasteiger charge is 2.00. The van der Waals surface area contributed by atoms with Crippen LogP contribution in [0.4, 0.5) is 0 Å².